The number of aromatic nitrogens is 1. The van der Waals surface area contributed by atoms with E-state index in [-0.39, 0.29) is 24.6 Å². The zero-order valence-electron chi connectivity index (χ0n) is 16.1. The maximum atomic E-state index is 13.2. The van der Waals surface area contributed by atoms with Gasteiger partial charge in [-0.25, -0.2) is 9.98 Å². The molecule has 1 aliphatic heterocycles. The Morgan fingerprint density at radius 1 is 1.27 bits per heavy atom. The van der Waals surface area contributed by atoms with Gasteiger partial charge in [-0.15, -0.1) is 0 Å². The first-order valence-electron chi connectivity index (χ1n) is 9.74. The van der Waals surface area contributed by atoms with Gasteiger partial charge in [-0.05, 0) is 36.0 Å². The summed E-state index contributed by atoms with van der Waals surface area (Å²) in [6.45, 7) is 0.699. The number of pyridine rings is 1. The van der Waals surface area contributed by atoms with Crippen molar-refractivity contribution in [3.05, 3.63) is 58.9 Å². The summed E-state index contributed by atoms with van der Waals surface area (Å²) >= 11 is 0. The average molecular weight is 412 g/mol. The third kappa shape index (κ3) is 4.51. The summed E-state index contributed by atoms with van der Waals surface area (Å²) in [4.78, 5) is 21.8. The highest BCUT2D eigenvalue weighted by atomic mass is 19.4. The lowest BCUT2D eigenvalue weighted by Gasteiger charge is -2.18. The standard InChI is InChI=1S/C22H19F3N4O/c23-22(24,25)19-10-18(12-27-20(19)11-26)29-8-7-17(13-29)28-21(30)9-14-1-3-15(4-2-14)16-5-6-16/h1-4,10,12,16H,5-9,13H2. The molecule has 5 nitrogen and oxygen atoms in total. The maximum absolute atomic E-state index is 13.2. The fourth-order valence-electron chi connectivity index (χ4n) is 3.60. The van der Waals surface area contributed by atoms with E-state index in [4.69, 9.17) is 5.26 Å². The van der Waals surface area contributed by atoms with Crippen LogP contribution in [0.15, 0.2) is 41.5 Å². The Labute approximate surface area is 171 Å². The lowest BCUT2D eigenvalue weighted by molar-refractivity contribution is -0.138. The molecule has 30 heavy (non-hydrogen) atoms. The van der Waals surface area contributed by atoms with Gasteiger partial charge in [0.05, 0.1) is 30.4 Å². The molecule has 1 amide bonds. The number of rotatable bonds is 4. The zero-order valence-corrected chi connectivity index (χ0v) is 16.1. The second-order valence-electron chi connectivity index (χ2n) is 7.64. The molecule has 2 fully saturated rings. The monoisotopic (exact) mass is 412 g/mol. The van der Waals surface area contributed by atoms with Gasteiger partial charge in [0, 0.05) is 18.7 Å². The van der Waals surface area contributed by atoms with Gasteiger partial charge in [0.25, 0.3) is 0 Å². The number of halogens is 3. The normalized spacial score (nSPS) is 17.9. The van der Waals surface area contributed by atoms with Gasteiger partial charge < -0.3 is 4.90 Å². The fraction of sp³-hybridized carbons (Fsp3) is 0.364. The molecule has 0 N–H and O–H groups in total. The summed E-state index contributed by atoms with van der Waals surface area (Å²) < 4.78 is 39.5. The number of hydrogen-bond acceptors (Lipinski definition) is 4. The molecule has 4 rings (SSSR count). The first-order chi connectivity index (χ1) is 14.3. The minimum atomic E-state index is -4.66. The van der Waals surface area contributed by atoms with Crippen LogP contribution in [-0.4, -0.2) is 29.7 Å². The molecule has 154 valence electrons. The lowest BCUT2D eigenvalue weighted by Crippen LogP contribution is -2.21. The predicted molar refractivity (Wildman–Crippen MR) is 105 cm³/mol. The van der Waals surface area contributed by atoms with Gasteiger partial charge in [-0.1, -0.05) is 24.3 Å². The number of nitrogens with zero attached hydrogens (tertiary/aromatic N) is 4. The molecule has 8 heteroatoms. The number of aliphatic imine (C=N–C) groups is 1. The van der Waals surface area contributed by atoms with Crippen LogP contribution in [0.2, 0.25) is 0 Å². The second-order valence-corrected chi connectivity index (χ2v) is 7.64. The van der Waals surface area contributed by atoms with Crippen LogP contribution in [0.3, 0.4) is 0 Å². The van der Waals surface area contributed by atoms with E-state index in [2.05, 4.69) is 22.1 Å². The largest absolute Gasteiger partial charge is 0.419 e. The van der Waals surface area contributed by atoms with Crippen LogP contribution in [0.5, 0.6) is 0 Å². The zero-order chi connectivity index (χ0) is 21.3. The van der Waals surface area contributed by atoms with Gasteiger partial charge in [0.15, 0.2) is 5.69 Å². The number of alkyl halides is 3. The number of carbonyl (C=O) groups excluding carboxylic acids is 1. The molecular formula is C22H19F3N4O. The van der Waals surface area contributed by atoms with Crippen molar-refractivity contribution in [3.63, 3.8) is 0 Å². The third-order valence-electron chi connectivity index (χ3n) is 5.36. The Morgan fingerprint density at radius 3 is 2.63 bits per heavy atom. The highest BCUT2D eigenvalue weighted by Gasteiger charge is 2.35. The number of benzene rings is 1. The lowest BCUT2D eigenvalue weighted by atomic mass is 10.1. The van der Waals surface area contributed by atoms with Crippen molar-refractivity contribution in [1.29, 1.82) is 5.26 Å². The first kappa shape index (κ1) is 20.1. The van der Waals surface area contributed by atoms with Gasteiger partial charge in [0.2, 0.25) is 5.91 Å². The van der Waals surface area contributed by atoms with E-state index in [1.54, 1.807) is 4.90 Å². The SMILES string of the molecule is N#Cc1ncc(N2CCC(=NC(=O)Cc3ccc(C4CC4)cc3)C2)cc1C(F)(F)F. The molecule has 1 saturated heterocycles. The minimum Gasteiger partial charge on any atom is -0.364 e. The smallest absolute Gasteiger partial charge is 0.364 e. The molecule has 0 bridgehead atoms. The number of hydrogen-bond donors (Lipinski definition) is 0. The molecule has 2 aliphatic rings. The fourth-order valence-corrected chi connectivity index (χ4v) is 3.60. The summed E-state index contributed by atoms with van der Waals surface area (Å²) in [7, 11) is 0. The summed E-state index contributed by atoms with van der Waals surface area (Å²) in [5.41, 5.74) is 1.39. The molecule has 1 aliphatic carbocycles. The average Bonchev–Trinajstić information content (AvgIpc) is 3.46. The molecule has 0 atom stereocenters. The summed E-state index contributed by atoms with van der Waals surface area (Å²) in [6, 6.07) is 10.4. The van der Waals surface area contributed by atoms with E-state index in [9.17, 15) is 18.0 Å². The van der Waals surface area contributed by atoms with Gasteiger partial charge in [0.1, 0.15) is 6.07 Å². The van der Waals surface area contributed by atoms with Crippen LogP contribution < -0.4 is 4.90 Å². The van der Waals surface area contributed by atoms with E-state index in [1.807, 2.05) is 12.1 Å². The van der Waals surface area contributed by atoms with Crippen molar-refractivity contribution in [2.75, 3.05) is 18.0 Å². The van der Waals surface area contributed by atoms with Crippen molar-refractivity contribution < 1.29 is 18.0 Å². The Bertz CT molecular complexity index is 1030. The molecule has 2 aromatic rings. The maximum Gasteiger partial charge on any atom is 0.419 e. The molecule has 2 heterocycles. The van der Waals surface area contributed by atoms with E-state index < -0.39 is 17.4 Å². The van der Waals surface area contributed by atoms with Crippen LogP contribution in [0, 0.1) is 11.3 Å². The van der Waals surface area contributed by atoms with Crippen LogP contribution >= 0.6 is 0 Å². The van der Waals surface area contributed by atoms with E-state index >= 15 is 0 Å². The molecule has 0 radical (unpaired) electrons. The van der Waals surface area contributed by atoms with Crippen molar-refractivity contribution in [2.45, 2.75) is 37.8 Å². The van der Waals surface area contributed by atoms with Crippen LogP contribution in [0.4, 0.5) is 18.9 Å². The van der Waals surface area contributed by atoms with E-state index in [0.717, 1.165) is 11.6 Å². The van der Waals surface area contributed by atoms with E-state index in [1.165, 1.54) is 30.7 Å². The third-order valence-corrected chi connectivity index (χ3v) is 5.36. The van der Waals surface area contributed by atoms with Crippen molar-refractivity contribution in [2.24, 2.45) is 4.99 Å². The number of nitriles is 1. The molecule has 0 unspecified atom stereocenters. The van der Waals surface area contributed by atoms with Gasteiger partial charge in [-0.2, -0.15) is 18.4 Å². The summed E-state index contributed by atoms with van der Waals surface area (Å²) in [6.07, 6.45) is -0.266. The van der Waals surface area contributed by atoms with Crippen LogP contribution in [-0.2, 0) is 17.4 Å². The molecule has 1 aromatic heterocycles. The quantitative estimate of drug-likeness (QED) is 0.752. The highest BCUT2D eigenvalue weighted by molar-refractivity contribution is 6.00. The summed E-state index contributed by atoms with van der Waals surface area (Å²) in [5.74, 6) is 0.397. The number of anilines is 1. The number of carbonyl (C=O) groups is 1. The predicted octanol–water partition coefficient (Wildman–Crippen LogP) is 4.27. The first-order valence-corrected chi connectivity index (χ1v) is 9.74. The Balaban J connectivity index is 1.41. The Morgan fingerprint density at radius 2 is 2.00 bits per heavy atom. The van der Waals surface area contributed by atoms with Crippen molar-refractivity contribution in [1.82, 2.24) is 4.98 Å². The van der Waals surface area contributed by atoms with Gasteiger partial charge >= 0.3 is 6.18 Å². The number of amides is 1. The minimum absolute atomic E-state index is 0.199. The molecule has 1 aromatic carbocycles. The highest BCUT2D eigenvalue weighted by Crippen LogP contribution is 2.40. The Kier molecular flexibility index (Phi) is 5.29. The van der Waals surface area contributed by atoms with Crippen LogP contribution in [0.25, 0.3) is 0 Å². The van der Waals surface area contributed by atoms with E-state index in [0.29, 0.717) is 24.6 Å². The Hall–Kier alpha value is -3.21. The summed E-state index contributed by atoms with van der Waals surface area (Å²) in [5, 5.41) is 8.86. The van der Waals surface area contributed by atoms with Gasteiger partial charge in [-0.3, -0.25) is 4.79 Å². The van der Waals surface area contributed by atoms with Crippen molar-refractivity contribution in [3.8, 4) is 6.07 Å². The molecular weight excluding hydrogens is 393 g/mol. The van der Waals surface area contributed by atoms with Crippen LogP contribution in [0.1, 0.15) is 47.6 Å². The topological polar surface area (TPSA) is 69.3 Å². The second kappa shape index (κ2) is 7.90. The molecule has 0 spiro atoms. The molecule has 1 saturated carbocycles. The van der Waals surface area contributed by atoms with Crippen molar-refractivity contribution >= 4 is 17.3 Å².